The van der Waals surface area contributed by atoms with Gasteiger partial charge in [-0.1, -0.05) is 18.2 Å². The van der Waals surface area contributed by atoms with Crippen molar-refractivity contribution in [2.24, 2.45) is 0 Å². The molecule has 0 unspecified atom stereocenters. The summed E-state index contributed by atoms with van der Waals surface area (Å²) in [6.07, 6.45) is 0. The first-order valence-corrected chi connectivity index (χ1v) is 5.90. The van der Waals surface area contributed by atoms with Crippen molar-refractivity contribution in [1.29, 1.82) is 0 Å². The molecule has 96 valence electrons. The van der Waals surface area contributed by atoms with Crippen molar-refractivity contribution in [3.05, 3.63) is 30.0 Å². The van der Waals surface area contributed by atoms with Crippen molar-refractivity contribution in [2.75, 3.05) is 11.9 Å². The largest absolute Gasteiger partial charge is 0.381 e. The molecule has 0 saturated heterocycles. The number of nitrogens with zero attached hydrogens (tertiary/aromatic N) is 1. The topological polar surface area (TPSA) is 56.3 Å². The van der Waals surface area contributed by atoms with Gasteiger partial charge >= 0.3 is 0 Å². The number of hydrogen-bond donors (Lipinski definition) is 2. The summed E-state index contributed by atoms with van der Waals surface area (Å²) in [7, 11) is 1.68. The van der Waals surface area contributed by atoms with Gasteiger partial charge in [0.2, 0.25) is 0 Å². The first-order chi connectivity index (χ1) is 8.32. The molecule has 4 nitrogen and oxygen atoms in total. The number of aromatic amines is 1. The highest BCUT2D eigenvalue weighted by molar-refractivity contribution is 6.06. The maximum Gasteiger partial charge on any atom is 0.258 e. The average Bonchev–Trinajstić information content (AvgIpc) is 2.61. The fraction of sp³-hybridized carbons (Fsp3) is 0.357. The standard InChI is InChI=1S/C14H18N2O2/c1-9-12(16(4)13(17)14(2,3)18)10-7-5-6-8-11(10)15-9/h5-8,15,18H,1-4H3. The molecule has 0 aliphatic rings. The minimum Gasteiger partial charge on any atom is -0.381 e. The van der Waals surface area contributed by atoms with E-state index in [1.54, 1.807) is 7.05 Å². The second-order valence-electron chi connectivity index (χ2n) is 5.07. The van der Waals surface area contributed by atoms with Crippen LogP contribution in [-0.4, -0.2) is 28.6 Å². The molecule has 18 heavy (non-hydrogen) atoms. The summed E-state index contributed by atoms with van der Waals surface area (Å²) >= 11 is 0. The number of para-hydroxylation sites is 1. The molecule has 0 atom stereocenters. The number of carbonyl (C=O) groups excluding carboxylic acids is 1. The molecular weight excluding hydrogens is 228 g/mol. The van der Waals surface area contributed by atoms with Crippen LogP contribution in [0.3, 0.4) is 0 Å². The molecule has 0 aliphatic heterocycles. The Labute approximate surface area is 106 Å². The number of H-pyrrole nitrogens is 1. The zero-order valence-electron chi connectivity index (χ0n) is 11.1. The van der Waals surface area contributed by atoms with Gasteiger partial charge in [0.05, 0.1) is 5.69 Å². The Morgan fingerprint density at radius 2 is 1.94 bits per heavy atom. The molecule has 0 bridgehead atoms. The van der Waals surface area contributed by atoms with Crippen LogP contribution in [0, 0.1) is 6.92 Å². The Morgan fingerprint density at radius 1 is 1.33 bits per heavy atom. The van der Waals surface area contributed by atoms with Crippen LogP contribution in [0.25, 0.3) is 10.9 Å². The number of aromatic nitrogens is 1. The summed E-state index contributed by atoms with van der Waals surface area (Å²) in [5, 5.41) is 10.8. The van der Waals surface area contributed by atoms with Crippen LogP contribution in [-0.2, 0) is 4.79 Å². The highest BCUT2D eigenvalue weighted by Crippen LogP contribution is 2.30. The quantitative estimate of drug-likeness (QED) is 0.853. The molecule has 0 fully saturated rings. The zero-order valence-corrected chi connectivity index (χ0v) is 11.1. The maximum absolute atomic E-state index is 12.1. The van der Waals surface area contributed by atoms with Gasteiger partial charge in [0, 0.05) is 23.6 Å². The molecule has 0 spiro atoms. The van der Waals surface area contributed by atoms with Crippen molar-refractivity contribution in [3.8, 4) is 0 Å². The smallest absolute Gasteiger partial charge is 0.258 e. The average molecular weight is 246 g/mol. The van der Waals surface area contributed by atoms with Crippen LogP contribution >= 0.6 is 0 Å². The summed E-state index contributed by atoms with van der Waals surface area (Å²) in [6, 6.07) is 7.80. The predicted octanol–water partition coefficient (Wildman–Crippen LogP) is 2.21. The molecule has 0 radical (unpaired) electrons. The molecule has 1 aromatic carbocycles. The Morgan fingerprint density at radius 3 is 2.56 bits per heavy atom. The summed E-state index contributed by atoms with van der Waals surface area (Å²) < 4.78 is 0. The van der Waals surface area contributed by atoms with E-state index in [4.69, 9.17) is 0 Å². The first kappa shape index (κ1) is 12.6. The maximum atomic E-state index is 12.1. The van der Waals surface area contributed by atoms with Gasteiger partial charge in [-0.15, -0.1) is 0 Å². The third-order valence-electron chi connectivity index (χ3n) is 3.02. The number of anilines is 1. The van der Waals surface area contributed by atoms with Gasteiger partial charge in [0.25, 0.3) is 5.91 Å². The number of aliphatic hydroxyl groups is 1. The summed E-state index contributed by atoms with van der Waals surface area (Å²) in [5.74, 6) is -0.324. The van der Waals surface area contributed by atoms with Crippen LogP contribution in [0.1, 0.15) is 19.5 Å². The third-order valence-corrected chi connectivity index (χ3v) is 3.02. The van der Waals surface area contributed by atoms with Crippen LogP contribution in [0.15, 0.2) is 24.3 Å². The van der Waals surface area contributed by atoms with E-state index in [1.165, 1.54) is 18.7 Å². The Balaban J connectivity index is 2.54. The lowest BCUT2D eigenvalue weighted by atomic mass is 10.1. The van der Waals surface area contributed by atoms with Gasteiger partial charge in [-0.25, -0.2) is 0 Å². The fourth-order valence-electron chi connectivity index (χ4n) is 2.21. The molecule has 2 aromatic rings. The summed E-state index contributed by atoms with van der Waals surface area (Å²) in [4.78, 5) is 16.9. The number of fused-ring (bicyclic) bond motifs is 1. The number of rotatable bonds is 2. The number of aryl methyl sites for hydroxylation is 1. The second-order valence-corrected chi connectivity index (χ2v) is 5.07. The summed E-state index contributed by atoms with van der Waals surface area (Å²) in [5.41, 5.74) is 1.34. The Kier molecular flexibility index (Phi) is 2.91. The number of likely N-dealkylation sites (N-methyl/N-ethyl adjacent to an activating group) is 1. The van der Waals surface area contributed by atoms with E-state index in [2.05, 4.69) is 4.98 Å². The van der Waals surface area contributed by atoms with Crippen molar-refractivity contribution in [1.82, 2.24) is 4.98 Å². The van der Waals surface area contributed by atoms with Gasteiger partial charge in [-0.2, -0.15) is 0 Å². The second kappa shape index (κ2) is 4.14. The van der Waals surface area contributed by atoms with Crippen molar-refractivity contribution in [3.63, 3.8) is 0 Å². The molecule has 1 heterocycles. The zero-order chi connectivity index (χ0) is 13.5. The first-order valence-electron chi connectivity index (χ1n) is 5.90. The van der Waals surface area contributed by atoms with Crippen molar-refractivity contribution < 1.29 is 9.90 Å². The highest BCUT2D eigenvalue weighted by Gasteiger charge is 2.30. The Bertz CT molecular complexity index is 593. The van der Waals surface area contributed by atoms with E-state index in [0.717, 1.165) is 22.3 Å². The van der Waals surface area contributed by atoms with Crippen LogP contribution < -0.4 is 4.90 Å². The fourth-order valence-corrected chi connectivity index (χ4v) is 2.21. The molecule has 1 aromatic heterocycles. The molecule has 4 heteroatoms. The normalized spacial score (nSPS) is 11.8. The summed E-state index contributed by atoms with van der Waals surface area (Å²) in [6.45, 7) is 4.91. The Hall–Kier alpha value is -1.81. The molecule has 0 saturated carbocycles. The molecule has 0 aliphatic carbocycles. The van der Waals surface area contributed by atoms with Gasteiger partial charge in [-0.3, -0.25) is 4.79 Å². The SMILES string of the molecule is Cc1[nH]c2ccccc2c1N(C)C(=O)C(C)(C)O. The van der Waals surface area contributed by atoms with E-state index in [9.17, 15) is 9.90 Å². The van der Waals surface area contributed by atoms with Gasteiger partial charge < -0.3 is 15.0 Å². The lowest BCUT2D eigenvalue weighted by Crippen LogP contribution is -2.43. The predicted molar refractivity (Wildman–Crippen MR) is 72.7 cm³/mol. The highest BCUT2D eigenvalue weighted by atomic mass is 16.3. The number of hydrogen-bond acceptors (Lipinski definition) is 2. The number of benzene rings is 1. The van der Waals surface area contributed by atoms with E-state index >= 15 is 0 Å². The minimum absolute atomic E-state index is 0.324. The molecule has 2 rings (SSSR count). The third kappa shape index (κ3) is 1.99. The monoisotopic (exact) mass is 246 g/mol. The van der Waals surface area contributed by atoms with Gasteiger partial charge in [0.15, 0.2) is 0 Å². The van der Waals surface area contributed by atoms with Crippen molar-refractivity contribution in [2.45, 2.75) is 26.4 Å². The van der Waals surface area contributed by atoms with E-state index < -0.39 is 5.60 Å². The molecule has 1 amide bonds. The van der Waals surface area contributed by atoms with Crippen molar-refractivity contribution >= 4 is 22.5 Å². The van der Waals surface area contributed by atoms with Gasteiger partial charge in [0.1, 0.15) is 5.60 Å². The lowest BCUT2D eigenvalue weighted by molar-refractivity contribution is -0.133. The van der Waals surface area contributed by atoms with Crippen LogP contribution in [0.4, 0.5) is 5.69 Å². The van der Waals surface area contributed by atoms with E-state index in [0.29, 0.717) is 0 Å². The molecular formula is C14H18N2O2. The molecule has 2 N–H and O–H groups in total. The number of nitrogens with one attached hydrogen (secondary N) is 1. The lowest BCUT2D eigenvalue weighted by Gasteiger charge is -2.25. The number of carbonyl (C=O) groups is 1. The van der Waals surface area contributed by atoms with E-state index in [-0.39, 0.29) is 5.91 Å². The van der Waals surface area contributed by atoms with Gasteiger partial charge in [-0.05, 0) is 26.8 Å². The van der Waals surface area contributed by atoms with E-state index in [1.807, 2.05) is 31.2 Å². The van der Waals surface area contributed by atoms with Crippen LogP contribution in [0.5, 0.6) is 0 Å². The van der Waals surface area contributed by atoms with Crippen LogP contribution in [0.2, 0.25) is 0 Å². The minimum atomic E-state index is -1.38. The number of amides is 1.